The number of hydrogen-bond acceptors (Lipinski definition) is 3. The van der Waals surface area contributed by atoms with Gasteiger partial charge < -0.3 is 15.0 Å². The maximum Gasteiger partial charge on any atom is 0.321 e. The summed E-state index contributed by atoms with van der Waals surface area (Å²) in [5.74, 6) is -0.363. The van der Waals surface area contributed by atoms with E-state index >= 15 is 0 Å². The van der Waals surface area contributed by atoms with Gasteiger partial charge in [-0.25, -0.2) is 9.18 Å². The van der Waals surface area contributed by atoms with Crippen molar-refractivity contribution >= 4 is 11.7 Å². The molecule has 5 nitrogen and oxygen atoms in total. The van der Waals surface area contributed by atoms with Gasteiger partial charge in [0, 0.05) is 38.9 Å². The van der Waals surface area contributed by atoms with Gasteiger partial charge in [-0.15, -0.1) is 0 Å². The molecule has 2 amide bonds. The summed E-state index contributed by atoms with van der Waals surface area (Å²) >= 11 is 0. The Morgan fingerprint density at radius 3 is 2.74 bits per heavy atom. The Morgan fingerprint density at radius 1 is 1.39 bits per heavy atom. The van der Waals surface area contributed by atoms with E-state index in [1.807, 2.05) is 0 Å². The molecule has 0 radical (unpaired) electrons. The molecule has 23 heavy (non-hydrogen) atoms. The molecule has 1 N–H and O–H groups in total. The van der Waals surface area contributed by atoms with Crippen LogP contribution in [0.1, 0.15) is 13.8 Å². The normalized spacial score (nSPS) is 16.2. The number of rotatable bonds is 5. The average Bonchev–Trinajstić information content (AvgIpc) is 2.47. The molecule has 1 saturated heterocycles. The van der Waals surface area contributed by atoms with Gasteiger partial charge in [-0.05, 0) is 23.6 Å². The summed E-state index contributed by atoms with van der Waals surface area (Å²) in [4.78, 5) is 16.3. The third-order valence-electron chi connectivity index (χ3n) is 3.84. The Balaban J connectivity index is 1.86. The van der Waals surface area contributed by atoms with Gasteiger partial charge in [0.1, 0.15) is 5.82 Å². The van der Waals surface area contributed by atoms with Crippen molar-refractivity contribution in [3.8, 4) is 0 Å². The van der Waals surface area contributed by atoms with Crippen molar-refractivity contribution in [3.63, 3.8) is 0 Å². The minimum absolute atomic E-state index is 0.0363. The zero-order valence-electron chi connectivity index (χ0n) is 14.1. The van der Waals surface area contributed by atoms with Crippen LogP contribution in [0.4, 0.5) is 14.9 Å². The number of morpholine rings is 1. The molecule has 2 rings (SSSR count). The SMILES string of the molecule is CN(CC(C)(C)CN1CCOCC1)C(=O)Nc1cccc(F)c1. The van der Waals surface area contributed by atoms with Gasteiger partial charge in [0.2, 0.25) is 0 Å². The third-order valence-corrected chi connectivity index (χ3v) is 3.84. The number of hydrogen-bond donors (Lipinski definition) is 1. The highest BCUT2D eigenvalue weighted by atomic mass is 19.1. The second kappa shape index (κ2) is 7.75. The summed E-state index contributed by atoms with van der Waals surface area (Å²) in [6.07, 6.45) is 0. The fourth-order valence-electron chi connectivity index (χ4n) is 2.91. The van der Waals surface area contributed by atoms with E-state index in [1.54, 1.807) is 24.1 Å². The molecule has 0 unspecified atom stereocenters. The van der Waals surface area contributed by atoms with E-state index < -0.39 is 0 Å². The number of anilines is 1. The highest BCUT2D eigenvalue weighted by Crippen LogP contribution is 2.20. The number of carbonyl (C=O) groups is 1. The van der Waals surface area contributed by atoms with Crippen LogP contribution in [0.2, 0.25) is 0 Å². The molecule has 1 aromatic carbocycles. The van der Waals surface area contributed by atoms with Gasteiger partial charge in [0.05, 0.1) is 13.2 Å². The van der Waals surface area contributed by atoms with Gasteiger partial charge >= 0.3 is 6.03 Å². The number of nitrogens with zero attached hydrogens (tertiary/aromatic N) is 2. The van der Waals surface area contributed by atoms with Crippen LogP contribution in [-0.4, -0.2) is 62.3 Å². The van der Waals surface area contributed by atoms with Crippen LogP contribution in [0.5, 0.6) is 0 Å². The van der Waals surface area contributed by atoms with Crippen molar-refractivity contribution < 1.29 is 13.9 Å². The Kier molecular flexibility index (Phi) is 5.96. The molecular weight excluding hydrogens is 297 g/mol. The van der Waals surface area contributed by atoms with Crippen LogP contribution in [0, 0.1) is 11.2 Å². The Morgan fingerprint density at radius 2 is 2.09 bits per heavy atom. The molecule has 0 saturated carbocycles. The first-order valence-electron chi connectivity index (χ1n) is 7.93. The molecular formula is C17H26FN3O2. The minimum atomic E-state index is -0.363. The molecule has 0 atom stereocenters. The summed E-state index contributed by atoms with van der Waals surface area (Å²) in [5.41, 5.74) is 0.429. The minimum Gasteiger partial charge on any atom is -0.379 e. The van der Waals surface area contributed by atoms with E-state index in [4.69, 9.17) is 4.74 Å². The zero-order valence-corrected chi connectivity index (χ0v) is 14.1. The lowest BCUT2D eigenvalue weighted by molar-refractivity contribution is 0.0182. The summed E-state index contributed by atoms with van der Waals surface area (Å²) < 4.78 is 18.5. The largest absolute Gasteiger partial charge is 0.379 e. The van der Waals surface area contributed by atoms with Crippen LogP contribution < -0.4 is 5.32 Å². The summed E-state index contributed by atoms with van der Waals surface area (Å²) in [6.45, 7) is 9.23. The van der Waals surface area contributed by atoms with Crippen molar-refractivity contribution in [2.45, 2.75) is 13.8 Å². The number of benzene rings is 1. The molecule has 6 heteroatoms. The number of carbonyl (C=O) groups excluding carboxylic acids is 1. The zero-order chi connectivity index (χ0) is 16.9. The van der Waals surface area contributed by atoms with Crippen LogP contribution in [-0.2, 0) is 4.74 Å². The molecule has 0 aromatic heterocycles. The maximum absolute atomic E-state index is 13.2. The first kappa shape index (κ1) is 17.7. The fraction of sp³-hybridized carbons (Fsp3) is 0.588. The Labute approximate surface area is 137 Å². The fourth-order valence-corrected chi connectivity index (χ4v) is 2.91. The highest BCUT2D eigenvalue weighted by molar-refractivity contribution is 5.89. The molecule has 0 aliphatic carbocycles. The third kappa shape index (κ3) is 5.80. The van der Waals surface area contributed by atoms with Crippen molar-refractivity contribution in [1.82, 2.24) is 9.80 Å². The molecule has 1 aliphatic rings. The monoisotopic (exact) mass is 323 g/mol. The van der Waals surface area contributed by atoms with E-state index in [9.17, 15) is 9.18 Å². The number of amides is 2. The summed E-state index contributed by atoms with van der Waals surface area (Å²) in [7, 11) is 1.76. The topological polar surface area (TPSA) is 44.8 Å². The lowest BCUT2D eigenvalue weighted by Gasteiger charge is -2.37. The lowest BCUT2D eigenvalue weighted by Crippen LogP contribution is -2.47. The predicted molar refractivity (Wildman–Crippen MR) is 89.1 cm³/mol. The quantitative estimate of drug-likeness (QED) is 0.906. The van der Waals surface area contributed by atoms with Gasteiger partial charge in [-0.2, -0.15) is 0 Å². The van der Waals surface area contributed by atoms with Gasteiger partial charge in [-0.3, -0.25) is 4.90 Å². The van der Waals surface area contributed by atoms with E-state index in [0.29, 0.717) is 12.2 Å². The van der Waals surface area contributed by atoms with Crippen LogP contribution in [0.25, 0.3) is 0 Å². The summed E-state index contributed by atoms with van der Waals surface area (Å²) in [6, 6.07) is 5.68. The van der Waals surface area contributed by atoms with Gasteiger partial charge in [-0.1, -0.05) is 19.9 Å². The number of ether oxygens (including phenoxy) is 1. The Hall–Kier alpha value is -1.66. The number of nitrogens with one attached hydrogen (secondary N) is 1. The first-order valence-corrected chi connectivity index (χ1v) is 7.93. The molecule has 0 spiro atoms. The first-order chi connectivity index (χ1) is 10.9. The predicted octanol–water partition coefficient (Wildman–Crippen LogP) is 2.65. The van der Waals surface area contributed by atoms with Gasteiger partial charge in [0.15, 0.2) is 0 Å². The van der Waals surface area contributed by atoms with Crippen LogP contribution in [0.3, 0.4) is 0 Å². The van der Waals surface area contributed by atoms with Crippen molar-refractivity contribution in [3.05, 3.63) is 30.1 Å². The maximum atomic E-state index is 13.2. The van der Waals surface area contributed by atoms with E-state index in [2.05, 4.69) is 24.1 Å². The van der Waals surface area contributed by atoms with E-state index in [0.717, 1.165) is 32.8 Å². The van der Waals surface area contributed by atoms with Gasteiger partial charge in [0.25, 0.3) is 0 Å². The Bertz CT molecular complexity index is 530. The molecule has 1 aliphatic heterocycles. The number of urea groups is 1. The van der Waals surface area contributed by atoms with Crippen molar-refractivity contribution in [2.24, 2.45) is 5.41 Å². The summed E-state index contributed by atoms with van der Waals surface area (Å²) in [5, 5.41) is 2.72. The molecule has 1 heterocycles. The van der Waals surface area contributed by atoms with Crippen LogP contribution >= 0.6 is 0 Å². The highest BCUT2D eigenvalue weighted by Gasteiger charge is 2.26. The second-order valence-corrected chi connectivity index (χ2v) is 6.85. The van der Waals surface area contributed by atoms with Crippen molar-refractivity contribution in [2.75, 3.05) is 51.8 Å². The van der Waals surface area contributed by atoms with Crippen molar-refractivity contribution in [1.29, 1.82) is 0 Å². The average molecular weight is 323 g/mol. The second-order valence-electron chi connectivity index (χ2n) is 6.85. The number of halogens is 1. The van der Waals surface area contributed by atoms with E-state index in [1.165, 1.54) is 12.1 Å². The van der Waals surface area contributed by atoms with E-state index in [-0.39, 0.29) is 17.3 Å². The molecule has 1 aromatic rings. The molecule has 128 valence electrons. The van der Waals surface area contributed by atoms with Crippen LogP contribution in [0.15, 0.2) is 24.3 Å². The molecule has 1 fully saturated rings. The lowest BCUT2D eigenvalue weighted by atomic mass is 9.92. The standard InChI is InChI=1S/C17H26FN3O2/c1-17(2,13-21-7-9-23-10-8-21)12-20(3)16(22)19-15-6-4-5-14(18)11-15/h4-6,11H,7-10,12-13H2,1-3H3,(H,19,22). The smallest absolute Gasteiger partial charge is 0.321 e. The molecule has 0 bridgehead atoms.